The van der Waals surface area contributed by atoms with Crippen molar-refractivity contribution in [2.45, 2.75) is 110 Å². The largest absolute Gasteiger partial charge is 0.253 e. The summed E-state index contributed by atoms with van der Waals surface area (Å²) in [7, 11) is 2.15. The smallest absolute Gasteiger partial charge is 0.237 e. The van der Waals surface area contributed by atoms with Gasteiger partial charge in [-0.2, -0.15) is 0 Å². The molecule has 0 saturated heterocycles. The zero-order valence-corrected chi connectivity index (χ0v) is 16.3. The van der Waals surface area contributed by atoms with Gasteiger partial charge >= 0.3 is 0 Å². The summed E-state index contributed by atoms with van der Waals surface area (Å²) < 4.78 is 4.73. The van der Waals surface area contributed by atoms with Crippen molar-refractivity contribution in [3.8, 4) is 0 Å². The quantitative estimate of drug-likeness (QED) is 0.282. The molecule has 0 fully saturated rings. The normalized spacial score (nSPS) is 12.7. The van der Waals surface area contributed by atoms with Gasteiger partial charge in [-0.3, -0.25) is 0 Å². The Morgan fingerprint density at radius 3 is 1.87 bits per heavy atom. The maximum absolute atomic E-state index is 2.50. The highest BCUT2D eigenvalue weighted by Crippen LogP contribution is 2.22. The van der Waals surface area contributed by atoms with Crippen molar-refractivity contribution >= 4 is 0 Å². The van der Waals surface area contributed by atoms with Crippen LogP contribution in [0.1, 0.15) is 109 Å². The number of aromatic nitrogens is 2. The second-order valence-electron chi connectivity index (χ2n) is 7.28. The molecule has 134 valence electrons. The summed E-state index contributed by atoms with van der Waals surface area (Å²) in [6, 6.07) is 0.704. The van der Waals surface area contributed by atoms with Crippen LogP contribution < -0.4 is 4.57 Å². The van der Waals surface area contributed by atoms with Crippen molar-refractivity contribution in [2.75, 3.05) is 0 Å². The number of rotatable bonds is 14. The first-order chi connectivity index (χ1) is 11.2. The standard InChI is InChI=1S/C21H41N2/c1-5-7-8-9-10-11-12-13-14-15-17-21(16-6-2)23-19-18-22(4)20(23)3/h18-19,21H,5-17H2,1-4H3/q+1. The Labute approximate surface area is 145 Å². The Bertz CT molecular complexity index is 395. The van der Waals surface area contributed by atoms with Gasteiger partial charge < -0.3 is 0 Å². The van der Waals surface area contributed by atoms with Crippen LogP contribution in [0.5, 0.6) is 0 Å². The summed E-state index contributed by atoms with van der Waals surface area (Å²) in [5.41, 5.74) is 0. The predicted octanol–water partition coefficient (Wildman–Crippen LogP) is 6.27. The average Bonchev–Trinajstić information content (AvgIpc) is 2.88. The monoisotopic (exact) mass is 321 g/mol. The molecule has 0 saturated carbocycles. The second-order valence-corrected chi connectivity index (χ2v) is 7.28. The molecule has 0 aliphatic rings. The number of aryl methyl sites for hydroxylation is 1. The van der Waals surface area contributed by atoms with Gasteiger partial charge in [-0.25, -0.2) is 9.13 Å². The van der Waals surface area contributed by atoms with E-state index in [4.69, 9.17) is 0 Å². The molecule has 2 heteroatoms. The Kier molecular flexibility index (Phi) is 11.1. The Morgan fingerprint density at radius 1 is 0.826 bits per heavy atom. The van der Waals surface area contributed by atoms with Crippen molar-refractivity contribution in [3.63, 3.8) is 0 Å². The number of unbranched alkanes of at least 4 members (excludes halogenated alkanes) is 9. The summed E-state index contributed by atoms with van der Waals surface area (Å²) in [6.45, 7) is 6.84. The third kappa shape index (κ3) is 8.04. The lowest BCUT2D eigenvalue weighted by Crippen LogP contribution is -2.30. The van der Waals surface area contributed by atoms with Gasteiger partial charge in [0.05, 0.1) is 7.05 Å². The molecule has 0 aliphatic carbocycles. The molecule has 0 radical (unpaired) electrons. The van der Waals surface area contributed by atoms with Gasteiger partial charge in [0.25, 0.3) is 5.82 Å². The molecule has 0 spiro atoms. The Balaban J connectivity index is 2.13. The maximum Gasteiger partial charge on any atom is 0.253 e. The van der Waals surface area contributed by atoms with Crippen LogP contribution >= 0.6 is 0 Å². The second kappa shape index (κ2) is 12.6. The van der Waals surface area contributed by atoms with E-state index < -0.39 is 0 Å². The molecule has 0 N–H and O–H groups in total. The molecule has 0 aliphatic heterocycles. The Morgan fingerprint density at radius 2 is 1.39 bits per heavy atom. The van der Waals surface area contributed by atoms with Crippen LogP contribution in [0, 0.1) is 6.92 Å². The summed E-state index contributed by atoms with van der Waals surface area (Å²) in [5.74, 6) is 1.38. The van der Waals surface area contributed by atoms with Gasteiger partial charge in [-0.1, -0.05) is 78.1 Å². The first kappa shape index (κ1) is 20.3. The van der Waals surface area contributed by atoms with Gasteiger partial charge in [-0.15, -0.1) is 0 Å². The molecule has 1 unspecified atom stereocenters. The topological polar surface area (TPSA) is 8.81 Å². The SMILES string of the molecule is CCCCCCCCCCCCC(CCC)n1cc[n+](C)c1C. The van der Waals surface area contributed by atoms with Gasteiger partial charge in [-0.05, 0) is 19.3 Å². The van der Waals surface area contributed by atoms with E-state index >= 15 is 0 Å². The van der Waals surface area contributed by atoms with Crippen molar-refractivity contribution < 1.29 is 4.57 Å². The fourth-order valence-corrected chi connectivity index (χ4v) is 3.58. The number of imidazole rings is 1. The van der Waals surface area contributed by atoms with E-state index in [0.29, 0.717) is 6.04 Å². The summed E-state index contributed by atoms with van der Waals surface area (Å²) in [5, 5.41) is 0. The Hall–Kier alpha value is -0.790. The molecule has 23 heavy (non-hydrogen) atoms. The lowest BCUT2D eigenvalue weighted by molar-refractivity contribution is -0.677. The van der Waals surface area contributed by atoms with E-state index in [0.717, 1.165) is 0 Å². The van der Waals surface area contributed by atoms with Crippen molar-refractivity contribution in [3.05, 3.63) is 18.2 Å². The average molecular weight is 322 g/mol. The first-order valence-electron chi connectivity index (χ1n) is 10.2. The van der Waals surface area contributed by atoms with Crippen LogP contribution in [0.15, 0.2) is 12.4 Å². The van der Waals surface area contributed by atoms with Crippen molar-refractivity contribution in [1.82, 2.24) is 4.57 Å². The fourth-order valence-electron chi connectivity index (χ4n) is 3.58. The third-order valence-corrected chi connectivity index (χ3v) is 5.24. The van der Waals surface area contributed by atoms with Gasteiger partial charge in [0.1, 0.15) is 18.4 Å². The van der Waals surface area contributed by atoms with Crippen LogP contribution in [0.4, 0.5) is 0 Å². The number of hydrogen-bond donors (Lipinski definition) is 0. The molecule has 1 atom stereocenters. The molecule has 1 rings (SSSR count). The molecule has 1 aromatic rings. The minimum atomic E-state index is 0.704. The highest BCUT2D eigenvalue weighted by Gasteiger charge is 2.19. The van der Waals surface area contributed by atoms with Crippen LogP contribution in [0.25, 0.3) is 0 Å². The third-order valence-electron chi connectivity index (χ3n) is 5.24. The molecule has 0 bridgehead atoms. The number of nitrogens with zero attached hydrogens (tertiary/aromatic N) is 2. The summed E-state index contributed by atoms with van der Waals surface area (Å²) in [4.78, 5) is 0. The number of hydrogen-bond acceptors (Lipinski definition) is 0. The van der Waals surface area contributed by atoms with Crippen LogP contribution in [-0.4, -0.2) is 4.57 Å². The lowest BCUT2D eigenvalue weighted by atomic mass is 10.0. The van der Waals surface area contributed by atoms with Crippen molar-refractivity contribution in [2.24, 2.45) is 7.05 Å². The van der Waals surface area contributed by atoms with E-state index in [1.165, 1.54) is 89.3 Å². The van der Waals surface area contributed by atoms with Gasteiger partial charge in [0.2, 0.25) is 0 Å². The zero-order valence-electron chi connectivity index (χ0n) is 16.3. The fraction of sp³-hybridized carbons (Fsp3) is 0.857. The van der Waals surface area contributed by atoms with E-state index in [2.05, 4.69) is 49.3 Å². The molecule has 1 aromatic heterocycles. The predicted molar refractivity (Wildman–Crippen MR) is 101 cm³/mol. The van der Waals surface area contributed by atoms with Crippen molar-refractivity contribution in [1.29, 1.82) is 0 Å². The van der Waals surface area contributed by atoms with E-state index in [-0.39, 0.29) is 0 Å². The molecule has 0 amide bonds. The molecule has 1 heterocycles. The first-order valence-corrected chi connectivity index (χ1v) is 10.2. The summed E-state index contributed by atoms with van der Waals surface area (Å²) >= 11 is 0. The van der Waals surface area contributed by atoms with Crippen LogP contribution in [0.2, 0.25) is 0 Å². The minimum absolute atomic E-state index is 0.704. The van der Waals surface area contributed by atoms with E-state index in [9.17, 15) is 0 Å². The van der Waals surface area contributed by atoms with E-state index in [1.807, 2.05) is 0 Å². The zero-order chi connectivity index (χ0) is 16.9. The maximum atomic E-state index is 2.50. The van der Waals surface area contributed by atoms with Gasteiger partial charge in [0, 0.05) is 6.92 Å². The molecular formula is C21H41N2+. The minimum Gasteiger partial charge on any atom is -0.237 e. The van der Waals surface area contributed by atoms with Crippen LogP contribution in [-0.2, 0) is 7.05 Å². The van der Waals surface area contributed by atoms with Crippen LogP contribution in [0.3, 0.4) is 0 Å². The molecule has 0 aromatic carbocycles. The summed E-state index contributed by atoms with van der Waals surface area (Å²) in [6.07, 6.45) is 22.7. The highest BCUT2D eigenvalue weighted by molar-refractivity contribution is 4.85. The highest BCUT2D eigenvalue weighted by atomic mass is 15.1. The molecule has 2 nitrogen and oxygen atoms in total. The van der Waals surface area contributed by atoms with E-state index in [1.54, 1.807) is 0 Å². The lowest BCUT2D eigenvalue weighted by Gasteiger charge is -2.14. The molecular weight excluding hydrogens is 280 g/mol. The van der Waals surface area contributed by atoms with Gasteiger partial charge in [0.15, 0.2) is 0 Å².